The number of pyridine rings is 1. The molecule has 4 unspecified atom stereocenters. The van der Waals surface area contributed by atoms with E-state index in [0.717, 1.165) is 26.5 Å². The number of aliphatic hydroxyl groups excluding tert-OH is 2. The number of halogens is 2. The highest BCUT2D eigenvalue weighted by atomic mass is 32.1. The van der Waals surface area contributed by atoms with E-state index in [1.165, 1.54) is 11.3 Å². The van der Waals surface area contributed by atoms with Crippen LogP contribution in [-0.4, -0.2) is 60.9 Å². The van der Waals surface area contributed by atoms with Crippen molar-refractivity contribution >= 4 is 33.3 Å². The molecule has 35 heavy (non-hydrogen) atoms. The number of nitrogens with one attached hydrogen (secondary N) is 2. The number of aryl methyl sites for hydroxylation is 2. The van der Waals surface area contributed by atoms with Crippen LogP contribution >= 0.6 is 11.3 Å². The Hall–Kier alpha value is -2.50. The molecule has 5 rings (SSSR count). The highest BCUT2D eigenvalue weighted by Crippen LogP contribution is 2.45. The summed E-state index contributed by atoms with van der Waals surface area (Å²) in [7, 11) is 0. The number of aliphatic hydroxyl groups is 2. The number of fused-ring (bicyclic) bond motifs is 1. The average Bonchev–Trinajstić information content (AvgIpc) is 3.35. The van der Waals surface area contributed by atoms with E-state index in [4.69, 9.17) is 9.97 Å². The standard InChI is InChI=1S/C24H30F2N6O2S/c1-11(15-8-24(25,26)9-15)28-23-29-12(2)19(22-31-20-13(3)27-5-4-18(20)35-22)21(32-23)30-16-6-14(10-33)17(34)7-16/h4-5,11,14-17,33-34H,6-10H2,1-3H3,(H2,28,29,30,32). The minimum Gasteiger partial charge on any atom is -0.396 e. The normalized spacial score (nSPS) is 24.9. The van der Waals surface area contributed by atoms with Crippen molar-refractivity contribution in [1.82, 2.24) is 19.9 Å². The molecule has 2 aliphatic carbocycles. The Bertz CT molecular complexity index is 1230. The van der Waals surface area contributed by atoms with Crippen LogP contribution in [0.5, 0.6) is 0 Å². The maximum atomic E-state index is 13.4. The van der Waals surface area contributed by atoms with Crippen LogP contribution in [0, 0.1) is 25.7 Å². The molecule has 2 saturated carbocycles. The smallest absolute Gasteiger partial charge is 0.248 e. The first kappa shape index (κ1) is 24.2. The van der Waals surface area contributed by atoms with E-state index in [-0.39, 0.29) is 43.4 Å². The summed E-state index contributed by atoms with van der Waals surface area (Å²) in [5.41, 5.74) is 3.14. The van der Waals surface area contributed by atoms with Gasteiger partial charge in [-0.1, -0.05) is 0 Å². The number of thiazole rings is 1. The number of aromatic nitrogens is 4. The Balaban J connectivity index is 1.49. The van der Waals surface area contributed by atoms with Crippen molar-refractivity contribution in [3.05, 3.63) is 23.7 Å². The van der Waals surface area contributed by atoms with Crippen molar-refractivity contribution < 1.29 is 19.0 Å². The van der Waals surface area contributed by atoms with Gasteiger partial charge in [0.05, 0.1) is 27.8 Å². The zero-order valence-electron chi connectivity index (χ0n) is 19.9. The lowest BCUT2D eigenvalue weighted by molar-refractivity contribution is -0.113. The van der Waals surface area contributed by atoms with E-state index in [2.05, 4.69) is 20.6 Å². The van der Waals surface area contributed by atoms with Crippen molar-refractivity contribution in [2.45, 2.75) is 70.6 Å². The Morgan fingerprint density at radius 1 is 1.17 bits per heavy atom. The lowest BCUT2D eigenvalue weighted by atomic mass is 9.77. The lowest BCUT2D eigenvalue weighted by Gasteiger charge is -2.39. The zero-order valence-corrected chi connectivity index (χ0v) is 20.7. The fourth-order valence-electron chi connectivity index (χ4n) is 5.08. The molecular formula is C24H30F2N6O2S. The number of nitrogens with zero attached hydrogens (tertiary/aromatic N) is 4. The van der Waals surface area contributed by atoms with Gasteiger partial charge in [0.15, 0.2) is 0 Å². The number of hydrogen-bond acceptors (Lipinski definition) is 9. The molecule has 2 fully saturated rings. The Morgan fingerprint density at radius 3 is 2.60 bits per heavy atom. The third-order valence-electron chi connectivity index (χ3n) is 7.21. The molecule has 188 valence electrons. The largest absolute Gasteiger partial charge is 0.396 e. The van der Waals surface area contributed by atoms with Gasteiger partial charge in [-0.05, 0) is 45.6 Å². The van der Waals surface area contributed by atoms with Crippen molar-refractivity contribution in [1.29, 1.82) is 0 Å². The van der Waals surface area contributed by atoms with Crippen LogP contribution in [-0.2, 0) is 0 Å². The summed E-state index contributed by atoms with van der Waals surface area (Å²) in [6.45, 7) is 5.60. The maximum Gasteiger partial charge on any atom is 0.248 e. The van der Waals surface area contributed by atoms with Crippen LogP contribution in [0.2, 0.25) is 0 Å². The van der Waals surface area contributed by atoms with Crippen molar-refractivity contribution in [2.24, 2.45) is 11.8 Å². The molecule has 0 radical (unpaired) electrons. The molecule has 0 saturated heterocycles. The summed E-state index contributed by atoms with van der Waals surface area (Å²) >= 11 is 1.53. The molecule has 3 aromatic heterocycles. The highest BCUT2D eigenvalue weighted by molar-refractivity contribution is 7.21. The average molecular weight is 505 g/mol. The molecule has 11 heteroatoms. The lowest BCUT2D eigenvalue weighted by Crippen LogP contribution is -2.44. The molecular weight excluding hydrogens is 474 g/mol. The molecule has 4 atom stereocenters. The molecule has 0 amide bonds. The van der Waals surface area contributed by atoms with Gasteiger partial charge in [0.1, 0.15) is 16.3 Å². The first-order chi connectivity index (χ1) is 16.6. The van der Waals surface area contributed by atoms with Crippen LogP contribution in [0.15, 0.2) is 12.3 Å². The maximum absolute atomic E-state index is 13.4. The van der Waals surface area contributed by atoms with E-state index in [1.54, 1.807) is 6.20 Å². The molecule has 2 aliphatic rings. The first-order valence-corrected chi connectivity index (χ1v) is 12.8. The molecule has 8 nitrogen and oxygen atoms in total. The molecule has 4 N–H and O–H groups in total. The number of hydrogen-bond donors (Lipinski definition) is 4. The first-order valence-electron chi connectivity index (χ1n) is 11.9. The van der Waals surface area contributed by atoms with E-state index in [0.29, 0.717) is 30.3 Å². The van der Waals surface area contributed by atoms with Gasteiger partial charge < -0.3 is 20.8 Å². The van der Waals surface area contributed by atoms with E-state index >= 15 is 0 Å². The van der Waals surface area contributed by atoms with Crippen LogP contribution in [0.25, 0.3) is 20.8 Å². The van der Waals surface area contributed by atoms with Gasteiger partial charge in [-0.15, -0.1) is 11.3 Å². The van der Waals surface area contributed by atoms with Crippen LogP contribution in [0.3, 0.4) is 0 Å². The number of anilines is 2. The minimum atomic E-state index is -2.58. The Morgan fingerprint density at radius 2 is 1.94 bits per heavy atom. The number of rotatable bonds is 7. The third kappa shape index (κ3) is 4.81. The van der Waals surface area contributed by atoms with Crippen molar-refractivity contribution in [2.75, 3.05) is 17.2 Å². The molecule has 3 aromatic rings. The van der Waals surface area contributed by atoms with Gasteiger partial charge >= 0.3 is 0 Å². The summed E-state index contributed by atoms with van der Waals surface area (Å²) in [6, 6.07) is 1.65. The molecule has 0 aliphatic heterocycles. The molecule has 3 heterocycles. The van der Waals surface area contributed by atoms with Gasteiger partial charge in [-0.3, -0.25) is 4.98 Å². The van der Waals surface area contributed by atoms with Crippen molar-refractivity contribution in [3.8, 4) is 10.6 Å². The second kappa shape index (κ2) is 9.18. The SMILES string of the molecule is Cc1nc(NC(C)C2CC(F)(F)C2)nc(NC2CC(O)C(CO)C2)c1-c1nc2c(C)nccc2s1. The quantitative estimate of drug-likeness (QED) is 0.379. The summed E-state index contributed by atoms with van der Waals surface area (Å²) in [6.07, 6.45) is 2.01. The predicted molar refractivity (Wildman–Crippen MR) is 132 cm³/mol. The van der Waals surface area contributed by atoms with Gasteiger partial charge in [0.25, 0.3) is 0 Å². The fraction of sp³-hybridized carbons (Fsp3) is 0.583. The van der Waals surface area contributed by atoms with Gasteiger partial charge in [0.2, 0.25) is 11.9 Å². The molecule has 0 aromatic carbocycles. The van der Waals surface area contributed by atoms with Crippen molar-refractivity contribution in [3.63, 3.8) is 0 Å². The van der Waals surface area contributed by atoms with Gasteiger partial charge in [-0.2, -0.15) is 4.98 Å². The minimum absolute atomic E-state index is 0.0739. The molecule has 0 spiro atoms. The highest BCUT2D eigenvalue weighted by Gasteiger charge is 2.47. The summed E-state index contributed by atoms with van der Waals surface area (Å²) in [5, 5.41) is 27.3. The second-order valence-electron chi connectivity index (χ2n) is 9.90. The summed E-state index contributed by atoms with van der Waals surface area (Å²) in [4.78, 5) is 18.6. The topological polar surface area (TPSA) is 116 Å². The molecule has 0 bridgehead atoms. The summed E-state index contributed by atoms with van der Waals surface area (Å²) < 4.78 is 27.8. The third-order valence-corrected chi connectivity index (χ3v) is 8.25. The van der Waals surface area contributed by atoms with Gasteiger partial charge in [0, 0.05) is 43.6 Å². The number of alkyl halides is 2. The Kier molecular flexibility index (Phi) is 6.35. The predicted octanol–water partition coefficient (Wildman–Crippen LogP) is 4.15. The van der Waals surface area contributed by atoms with E-state index in [1.807, 2.05) is 26.8 Å². The summed E-state index contributed by atoms with van der Waals surface area (Å²) in [5.74, 6) is -1.97. The fourth-order valence-corrected chi connectivity index (χ4v) is 6.19. The van der Waals surface area contributed by atoms with Crippen LogP contribution < -0.4 is 10.6 Å². The second-order valence-corrected chi connectivity index (χ2v) is 10.9. The Labute approximate surface area is 206 Å². The van der Waals surface area contributed by atoms with Crippen LogP contribution in [0.4, 0.5) is 20.5 Å². The van der Waals surface area contributed by atoms with Crippen LogP contribution in [0.1, 0.15) is 44.0 Å². The zero-order chi connectivity index (χ0) is 24.9. The van der Waals surface area contributed by atoms with E-state index in [9.17, 15) is 19.0 Å². The monoisotopic (exact) mass is 504 g/mol. The van der Waals surface area contributed by atoms with E-state index < -0.39 is 12.0 Å². The van der Waals surface area contributed by atoms with Gasteiger partial charge in [-0.25, -0.2) is 18.7 Å².